The molecule has 0 fully saturated rings. The van der Waals surface area contributed by atoms with Crippen LogP contribution in [0.3, 0.4) is 0 Å². The second-order valence-electron chi connectivity index (χ2n) is 2.97. The van der Waals surface area contributed by atoms with Crippen LogP contribution in [0.4, 0.5) is 0 Å². The van der Waals surface area contributed by atoms with Crippen LogP contribution >= 0.6 is 24.0 Å². The van der Waals surface area contributed by atoms with E-state index >= 15 is 0 Å². The maximum atomic E-state index is 5.14. The zero-order valence-corrected chi connectivity index (χ0v) is 11.6. The molecule has 0 aromatic heterocycles. The smallest absolute Gasteiger partial charge is 0.192 e. The molecule has 0 atom stereocenters. The summed E-state index contributed by atoms with van der Waals surface area (Å²) in [5, 5.41) is 6.16. The molecular weight excluding hydrogens is 313 g/mol. The number of terminal acetylenes is 1. The van der Waals surface area contributed by atoms with E-state index in [-0.39, 0.29) is 24.0 Å². The Hall–Kier alpha value is -1.22. The molecule has 0 saturated heterocycles. The Morgan fingerprint density at radius 1 is 1.31 bits per heavy atom. The van der Waals surface area contributed by atoms with Crippen LogP contribution in [0.25, 0.3) is 0 Å². The monoisotopic (exact) mass is 329 g/mol. The third-order valence-electron chi connectivity index (χ3n) is 1.88. The molecule has 0 bridgehead atoms. The first-order valence-corrected chi connectivity index (χ1v) is 4.78. The summed E-state index contributed by atoms with van der Waals surface area (Å²) in [4.78, 5) is 4.04. The molecule has 0 aliphatic carbocycles. The molecule has 4 heteroatoms. The number of nitrogens with one attached hydrogen (secondary N) is 2. The number of nitrogens with zero attached hydrogens (tertiary/aromatic N) is 1. The number of hydrogen-bond donors (Lipinski definition) is 2. The number of hydrogen-bond acceptors (Lipinski definition) is 1. The van der Waals surface area contributed by atoms with Crippen LogP contribution < -0.4 is 10.6 Å². The van der Waals surface area contributed by atoms with Crippen LogP contribution in [-0.4, -0.2) is 19.6 Å². The normalized spacial score (nSPS) is 9.88. The molecule has 3 nitrogen and oxygen atoms in total. The number of aliphatic imine (C=N–C) groups is 1. The van der Waals surface area contributed by atoms with E-state index in [2.05, 4.69) is 33.7 Å². The fraction of sp³-hybridized carbons (Fsp3) is 0.250. The first kappa shape index (κ1) is 14.8. The second-order valence-corrected chi connectivity index (χ2v) is 2.97. The lowest BCUT2D eigenvalue weighted by Crippen LogP contribution is -2.36. The molecule has 2 N–H and O–H groups in total. The summed E-state index contributed by atoms with van der Waals surface area (Å²) in [6.07, 6.45) is 5.14. The average molecular weight is 329 g/mol. The fourth-order valence-electron chi connectivity index (χ4n) is 1.14. The van der Waals surface area contributed by atoms with Gasteiger partial charge in [-0.1, -0.05) is 36.3 Å². The summed E-state index contributed by atoms with van der Waals surface area (Å²) in [5.74, 6) is 3.22. The Bertz CT molecular complexity index is 354. The van der Waals surface area contributed by atoms with Crippen molar-refractivity contribution in [2.24, 2.45) is 4.99 Å². The van der Waals surface area contributed by atoms with E-state index in [1.807, 2.05) is 18.2 Å². The van der Waals surface area contributed by atoms with Crippen LogP contribution in [0.2, 0.25) is 0 Å². The van der Waals surface area contributed by atoms with Gasteiger partial charge >= 0.3 is 0 Å². The van der Waals surface area contributed by atoms with E-state index < -0.39 is 0 Å². The molecule has 16 heavy (non-hydrogen) atoms. The first-order chi connectivity index (χ1) is 7.36. The van der Waals surface area contributed by atoms with Crippen molar-refractivity contribution in [1.82, 2.24) is 10.6 Å². The SMILES string of the molecule is C#CCNC(=NC)NCc1ccccc1.I. The zero-order valence-electron chi connectivity index (χ0n) is 9.23. The largest absolute Gasteiger partial charge is 0.352 e. The third-order valence-corrected chi connectivity index (χ3v) is 1.88. The van der Waals surface area contributed by atoms with Gasteiger partial charge in [-0.15, -0.1) is 30.4 Å². The maximum absolute atomic E-state index is 5.14. The molecule has 1 rings (SSSR count). The highest BCUT2D eigenvalue weighted by atomic mass is 127. The lowest BCUT2D eigenvalue weighted by Gasteiger charge is -2.09. The van der Waals surface area contributed by atoms with Crippen molar-refractivity contribution in [1.29, 1.82) is 0 Å². The van der Waals surface area contributed by atoms with Gasteiger partial charge < -0.3 is 10.6 Å². The van der Waals surface area contributed by atoms with Crippen molar-refractivity contribution in [3.05, 3.63) is 35.9 Å². The second kappa shape index (κ2) is 9.04. The molecule has 0 aliphatic heterocycles. The van der Waals surface area contributed by atoms with Gasteiger partial charge in [-0.2, -0.15) is 0 Å². The zero-order chi connectivity index (χ0) is 10.9. The molecule has 0 aliphatic rings. The molecule has 0 amide bonds. The number of halogens is 1. The Kier molecular flexibility index (Phi) is 8.35. The molecule has 0 saturated carbocycles. The van der Waals surface area contributed by atoms with Gasteiger partial charge in [-0.3, -0.25) is 4.99 Å². The van der Waals surface area contributed by atoms with Crippen molar-refractivity contribution >= 4 is 29.9 Å². The lowest BCUT2D eigenvalue weighted by atomic mass is 10.2. The Morgan fingerprint density at radius 3 is 2.56 bits per heavy atom. The van der Waals surface area contributed by atoms with E-state index in [1.54, 1.807) is 7.05 Å². The third kappa shape index (κ3) is 5.61. The molecule has 1 aromatic carbocycles. The van der Waals surface area contributed by atoms with Crippen LogP contribution in [0.1, 0.15) is 5.56 Å². The van der Waals surface area contributed by atoms with Gasteiger partial charge in [0.15, 0.2) is 5.96 Å². The van der Waals surface area contributed by atoms with Gasteiger partial charge in [-0.25, -0.2) is 0 Å². The number of rotatable bonds is 3. The lowest BCUT2D eigenvalue weighted by molar-refractivity contribution is 0.851. The van der Waals surface area contributed by atoms with E-state index in [4.69, 9.17) is 6.42 Å². The summed E-state index contributed by atoms with van der Waals surface area (Å²) in [6.45, 7) is 1.22. The van der Waals surface area contributed by atoms with Gasteiger partial charge in [0.2, 0.25) is 0 Å². The van der Waals surface area contributed by atoms with Gasteiger partial charge in [0.1, 0.15) is 0 Å². The Balaban J connectivity index is 0.00000225. The minimum Gasteiger partial charge on any atom is -0.352 e. The van der Waals surface area contributed by atoms with Crippen molar-refractivity contribution < 1.29 is 0 Å². The fourth-order valence-corrected chi connectivity index (χ4v) is 1.14. The quantitative estimate of drug-likeness (QED) is 0.383. The summed E-state index contributed by atoms with van der Waals surface area (Å²) >= 11 is 0. The Morgan fingerprint density at radius 2 is 2.00 bits per heavy atom. The molecule has 0 radical (unpaired) electrons. The highest BCUT2D eigenvalue weighted by molar-refractivity contribution is 14.0. The van der Waals surface area contributed by atoms with Crippen molar-refractivity contribution in [2.75, 3.05) is 13.6 Å². The minimum atomic E-state index is 0. The van der Waals surface area contributed by atoms with Crippen LogP contribution in [0, 0.1) is 12.3 Å². The first-order valence-electron chi connectivity index (χ1n) is 4.78. The van der Waals surface area contributed by atoms with E-state index in [9.17, 15) is 0 Å². The van der Waals surface area contributed by atoms with Gasteiger partial charge in [0.25, 0.3) is 0 Å². The number of benzene rings is 1. The highest BCUT2D eigenvalue weighted by Gasteiger charge is 1.95. The van der Waals surface area contributed by atoms with E-state index in [1.165, 1.54) is 5.56 Å². The highest BCUT2D eigenvalue weighted by Crippen LogP contribution is 1.96. The topological polar surface area (TPSA) is 36.4 Å². The van der Waals surface area contributed by atoms with Crippen LogP contribution in [-0.2, 0) is 6.54 Å². The summed E-state index contributed by atoms with van der Waals surface area (Å²) in [6, 6.07) is 10.1. The average Bonchev–Trinajstić information content (AvgIpc) is 2.31. The predicted octanol–water partition coefficient (Wildman–Crippen LogP) is 1.60. The molecule has 1 aromatic rings. The van der Waals surface area contributed by atoms with Crippen molar-refractivity contribution in [2.45, 2.75) is 6.54 Å². The molecule has 0 spiro atoms. The molecular formula is C12H16IN3. The maximum Gasteiger partial charge on any atom is 0.192 e. The van der Waals surface area contributed by atoms with Gasteiger partial charge in [0.05, 0.1) is 6.54 Å². The van der Waals surface area contributed by atoms with Crippen LogP contribution in [0.15, 0.2) is 35.3 Å². The molecule has 86 valence electrons. The number of guanidine groups is 1. The summed E-state index contributed by atoms with van der Waals surface area (Å²) < 4.78 is 0. The van der Waals surface area contributed by atoms with Crippen molar-refractivity contribution in [3.63, 3.8) is 0 Å². The van der Waals surface area contributed by atoms with Crippen LogP contribution in [0.5, 0.6) is 0 Å². The standard InChI is InChI=1S/C12H15N3.HI/c1-3-9-14-12(13-2)15-10-11-7-5-4-6-8-11;/h1,4-8H,9-10H2,2H3,(H2,13,14,15);1H. The minimum absolute atomic E-state index is 0. The van der Waals surface area contributed by atoms with Gasteiger partial charge in [-0.05, 0) is 5.56 Å². The molecule has 0 heterocycles. The summed E-state index contributed by atoms with van der Waals surface area (Å²) in [7, 11) is 1.72. The molecule has 0 unspecified atom stereocenters. The Labute approximate surface area is 114 Å². The van der Waals surface area contributed by atoms with Gasteiger partial charge in [0, 0.05) is 13.6 Å². The predicted molar refractivity (Wildman–Crippen MR) is 78.9 cm³/mol. The van der Waals surface area contributed by atoms with Crippen molar-refractivity contribution in [3.8, 4) is 12.3 Å². The summed E-state index contributed by atoms with van der Waals surface area (Å²) in [5.41, 5.74) is 1.21. The van der Waals surface area contributed by atoms with E-state index in [0.717, 1.165) is 12.5 Å². The van der Waals surface area contributed by atoms with E-state index in [0.29, 0.717) is 6.54 Å².